The number of nitrogens with zero attached hydrogens (tertiary/aromatic N) is 1. The summed E-state index contributed by atoms with van der Waals surface area (Å²) in [6.07, 6.45) is 2.09. The molecule has 3 rings (SSSR count). The average molecular weight is 305 g/mol. The van der Waals surface area contributed by atoms with Crippen molar-refractivity contribution in [3.63, 3.8) is 0 Å². The molecule has 0 amide bonds. The molecule has 0 bridgehead atoms. The van der Waals surface area contributed by atoms with Crippen LogP contribution in [0.3, 0.4) is 0 Å². The van der Waals surface area contributed by atoms with Crippen molar-refractivity contribution >= 4 is 34.1 Å². The summed E-state index contributed by atoms with van der Waals surface area (Å²) in [5, 5.41) is 2.55. The number of fused-ring (bicyclic) bond motifs is 1. The average Bonchev–Trinajstić information content (AvgIpc) is 2.78. The minimum absolute atomic E-state index is 0.592. The lowest BCUT2D eigenvalue weighted by Crippen LogP contribution is -2.08. The zero-order valence-corrected chi connectivity index (χ0v) is 12.3. The summed E-state index contributed by atoms with van der Waals surface area (Å²) >= 11 is 12.5. The molecule has 0 saturated heterocycles. The van der Waals surface area contributed by atoms with Crippen LogP contribution in [0.15, 0.2) is 48.7 Å². The topological polar surface area (TPSA) is 30.9 Å². The molecule has 0 radical (unpaired) electrons. The van der Waals surface area contributed by atoms with Gasteiger partial charge in [-0.3, -0.25) is 0 Å². The molecule has 0 aliphatic carbocycles. The summed E-state index contributed by atoms with van der Waals surface area (Å²) in [4.78, 5) is 0. The molecule has 0 atom stereocenters. The van der Waals surface area contributed by atoms with Crippen LogP contribution in [0.25, 0.3) is 22.0 Å². The Morgan fingerprint density at radius 2 is 1.80 bits per heavy atom. The van der Waals surface area contributed by atoms with Crippen LogP contribution >= 0.6 is 23.2 Å². The third-order valence-electron chi connectivity index (χ3n) is 3.38. The number of hydrogen-bond donors (Lipinski definition) is 1. The molecule has 1 aromatic heterocycles. The number of rotatable bonds is 3. The van der Waals surface area contributed by atoms with Crippen LogP contribution in [0.4, 0.5) is 0 Å². The van der Waals surface area contributed by atoms with Crippen LogP contribution in [0, 0.1) is 0 Å². The van der Waals surface area contributed by atoms with E-state index in [2.05, 4.69) is 10.8 Å². The van der Waals surface area contributed by atoms with Crippen LogP contribution in [0.5, 0.6) is 0 Å². The SMILES string of the molecule is NCCn1cc(-c2ccccc2Cl)c2cc(Cl)ccc21. The molecule has 4 heteroatoms. The Bertz CT molecular complexity index is 762. The summed E-state index contributed by atoms with van der Waals surface area (Å²) < 4.78 is 2.14. The van der Waals surface area contributed by atoms with Gasteiger partial charge in [-0.15, -0.1) is 0 Å². The molecule has 20 heavy (non-hydrogen) atoms. The molecule has 0 fully saturated rings. The van der Waals surface area contributed by atoms with Crippen LogP contribution < -0.4 is 5.73 Å². The Morgan fingerprint density at radius 1 is 1.00 bits per heavy atom. The Morgan fingerprint density at radius 3 is 2.55 bits per heavy atom. The van der Waals surface area contributed by atoms with Crippen molar-refractivity contribution in [3.8, 4) is 11.1 Å². The summed E-state index contributed by atoms with van der Waals surface area (Å²) in [5.41, 5.74) is 8.90. The fraction of sp³-hybridized carbons (Fsp3) is 0.125. The van der Waals surface area contributed by atoms with Crippen molar-refractivity contribution in [2.45, 2.75) is 6.54 Å². The monoisotopic (exact) mass is 304 g/mol. The van der Waals surface area contributed by atoms with E-state index in [1.54, 1.807) is 0 Å². The first-order valence-electron chi connectivity index (χ1n) is 6.44. The lowest BCUT2D eigenvalue weighted by molar-refractivity contribution is 0.736. The second-order valence-corrected chi connectivity index (χ2v) is 5.51. The van der Waals surface area contributed by atoms with Crippen molar-refractivity contribution in [1.82, 2.24) is 4.57 Å². The minimum Gasteiger partial charge on any atom is -0.346 e. The van der Waals surface area contributed by atoms with E-state index < -0.39 is 0 Å². The van der Waals surface area contributed by atoms with Crippen molar-refractivity contribution in [2.75, 3.05) is 6.54 Å². The maximum atomic E-state index is 6.32. The highest BCUT2D eigenvalue weighted by atomic mass is 35.5. The van der Waals surface area contributed by atoms with Crippen LogP contribution in [-0.4, -0.2) is 11.1 Å². The van der Waals surface area contributed by atoms with Gasteiger partial charge in [0.05, 0.1) is 0 Å². The molecule has 0 spiro atoms. The Kier molecular flexibility index (Phi) is 3.70. The van der Waals surface area contributed by atoms with Gasteiger partial charge in [-0.2, -0.15) is 0 Å². The number of aromatic nitrogens is 1. The highest BCUT2D eigenvalue weighted by molar-refractivity contribution is 6.34. The fourth-order valence-electron chi connectivity index (χ4n) is 2.49. The molecule has 2 aromatic carbocycles. The third kappa shape index (κ3) is 2.31. The van der Waals surface area contributed by atoms with Gasteiger partial charge in [0.15, 0.2) is 0 Å². The van der Waals surface area contributed by atoms with E-state index in [-0.39, 0.29) is 0 Å². The molecule has 3 aromatic rings. The number of nitrogens with two attached hydrogens (primary N) is 1. The van der Waals surface area contributed by atoms with E-state index >= 15 is 0 Å². The van der Waals surface area contributed by atoms with Gasteiger partial charge in [-0.05, 0) is 24.3 Å². The highest BCUT2D eigenvalue weighted by Gasteiger charge is 2.12. The van der Waals surface area contributed by atoms with E-state index in [1.807, 2.05) is 42.5 Å². The van der Waals surface area contributed by atoms with E-state index in [0.29, 0.717) is 6.54 Å². The maximum absolute atomic E-state index is 6.32. The van der Waals surface area contributed by atoms with Gasteiger partial charge in [0.2, 0.25) is 0 Å². The molecule has 0 aliphatic rings. The van der Waals surface area contributed by atoms with Gasteiger partial charge < -0.3 is 10.3 Å². The summed E-state index contributed by atoms with van der Waals surface area (Å²) in [6, 6.07) is 13.7. The predicted octanol–water partition coefficient (Wildman–Crippen LogP) is 4.57. The van der Waals surface area contributed by atoms with Crippen LogP contribution in [-0.2, 0) is 6.54 Å². The summed E-state index contributed by atoms with van der Waals surface area (Å²) in [7, 11) is 0. The lowest BCUT2D eigenvalue weighted by Gasteiger charge is -2.02. The van der Waals surface area contributed by atoms with Gasteiger partial charge in [0.25, 0.3) is 0 Å². The minimum atomic E-state index is 0.592. The Hall–Kier alpha value is -1.48. The first kappa shape index (κ1) is 13.5. The summed E-state index contributed by atoms with van der Waals surface area (Å²) in [6.45, 7) is 1.36. The van der Waals surface area contributed by atoms with Gasteiger partial charge in [-0.25, -0.2) is 0 Å². The first-order valence-corrected chi connectivity index (χ1v) is 7.19. The zero-order valence-electron chi connectivity index (χ0n) is 10.8. The van der Waals surface area contributed by atoms with Crippen LogP contribution in [0.2, 0.25) is 10.0 Å². The summed E-state index contributed by atoms with van der Waals surface area (Å²) in [5.74, 6) is 0. The lowest BCUT2D eigenvalue weighted by atomic mass is 10.1. The molecule has 0 unspecified atom stereocenters. The molecule has 2 nitrogen and oxygen atoms in total. The van der Waals surface area contributed by atoms with E-state index in [1.165, 1.54) is 0 Å². The van der Waals surface area contributed by atoms with E-state index in [9.17, 15) is 0 Å². The van der Waals surface area contributed by atoms with Gasteiger partial charge >= 0.3 is 0 Å². The van der Waals surface area contributed by atoms with Gasteiger partial charge in [0.1, 0.15) is 0 Å². The van der Waals surface area contributed by atoms with Gasteiger partial charge in [0, 0.05) is 51.4 Å². The Labute approximate surface area is 127 Å². The van der Waals surface area contributed by atoms with E-state index in [0.717, 1.165) is 38.6 Å². The van der Waals surface area contributed by atoms with Gasteiger partial charge in [-0.1, -0.05) is 41.4 Å². The second-order valence-electron chi connectivity index (χ2n) is 4.67. The number of halogens is 2. The maximum Gasteiger partial charge on any atom is 0.0488 e. The van der Waals surface area contributed by atoms with Crippen LogP contribution in [0.1, 0.15) is 0 Å². The zero-order chi connectivity index (χ0) is 14.1. The highest BCUT2D eigenvalue weighted by Crippen LogP contribution is 2.35. The molecule has 1 heterocycles. The van der Waals surface area contributed by atoms with Crippen molar-refractivity contribution < 1.29 is 0 Å². The molecular formula is C16H14Cl2N2. The smallest absolute Gasteiger partial charge is 0.0488 e. The van der Waals surface area contributed by atoms with E-state index in [4.69, 9.17) is 28.9 Å². The van der Waals surface area contributed by atoms with Crippen molar-refractivity contribution in [3.05, 3.63) is 58.7 Å². The molecule has 2 N–H and O–H groups in total. The Balaban J connectivity index is 2.30. The quantitative estimate of drug-likeness (QED) is 0.755. The van der Waals surface area contributed by atoms with Crippen molar-refractivity contribution in [2.24, 2.45) is 5.73 Å². The first-order chi connectivity index (χ1) is 9.70. The number of hydrogen-bond acceptors (Lipinski definition) is 1. The van der Waals surface area contributed by atoms with Crippen molar-refractivity contribution in [1.29, 1.82) is 0 Å². The molecular weight excluding hydrogens is 291 g/mol. The normalized spacial score (nSPS) is 11.2. The largest absolute Gasteiger partial charge is 0.346 e. The molecule has 0 saturated carbocycles. The molecule has 0 aliphatic heterocycles. The number of benzene rings is 2. The molecule has 102 valence electrons. The third-order valence-corrected chi connectivity index (χ3v) is 3.94. The standard InChI is InChI=1S/C16H14Cl2N2/c17-11-5-6-16-13(9-11)14(10-20(16)8-7-19)12-3-1-2-4-15(12)18/h1-6,9-10H,7-8,19H2. The second kappa shape index (κ2) is 5.49. The fourth-order valence-corrected chi connectivity index (χ4v) is 2.90. The predicted molar refractivity (Wildman–Crippen MR) is 86.4 cm³/mol.